The molecule has 38 heavy (non-hydrogen) atoms. The molecule has 7 nitrogen and oxygen atoms in total. The molecule has 0 radical (unpaired) electrons. The minimum Gasteiger partial charge on any atom is -0.484 e. The van der Waals surface area contributed by atoms with Crippen LogP contribution in [-0.2, 0) is 20.9 Å². The van der Waals surface area contributed by atoms with Crippen molar-refractivity contribution in [1.82, 2.24) is 5.32 Å². The van der Waals surface area contributed by atoms with E-state index in [4.69, 9.17) is 4.74 Å². The van der Waals surface area contributed by atoms with E-state index in [0.29, 0.717) is 30.4 Å². The Bertz CT molecular complexity index is 1300. The second-order valence-corrected chi connectivity index (χ2v) is 10.2. The van der Waals surface area contributed by atoms with Gasteiger partial charge in [-0.05, 0) is 72.4 Å². The number of benzene rings is 3. The minimum absolute atomic E-state index is 0.0898. The van der Waals surface area contributed by atoms with Crippen LogP contribution in [0.25, 0.3) is 0 Å². The SMILES string of the molecule is Cc1ccc(C)c(NC(=O)COc2ccc(N3C[C@H](C(=O)NCc4ccc(C(C)C)cc4)CC3=O)cc2)c1. The van der Waals surface area contributed by atoms with Crippen molar-refractivity contribution in [1.29, 1.82) is 0 Å². The molecule has 1 fully saturated rings. The summed E-state index contributed by atoms with van der Waals surface area (Å²) in [6.45, 7) is 8.84. The number of hydrogen-bond donors (Lipinski definition) is 2. The van der Waals surface area contributed by atoms with Crippen LogP contribution in [0.15, 0.2) is 66.7 Å². The van der Waals surface area contributed by atoms with Gasteiger partial charge in [0.1, 0.15) is 5.75 Å². The molecule has 1 aliphatic heterocycles. The Morgan fingerprint density at radius 3 is 2.39 bits per heavy atom. The second-order valence-electron chi connectivity index (χ2n) is 10.2. The van der Waals surface area contributed by atoms with Crippen molar-refractivity contribution in [2.24, 2.45) is 5.92 Å². The first kappa shape index (κ1) is 26.9. The fraction of sp³-hybridized carbons (Fsp3) is 0.323. The van der Waals surface area contributed by atoms with E-state index < -0.39 is 5.92 Å². The maximum atomic E-state index is 12.7. The van der Waals surface area contributed by atoms with Gasteiger partial charge in [0.15, 0.2) is 6.61 Å². The lowest BCUT2D eigenvalue weighted by molar-refractivity contribution is -0.126. The lowest BCUT2D eigenvalue weighted by Crippen LogP contribution is -2.32. The molecule has 4 rings (SSSR count). The Morgan fingerprint density at radius 1 is 1.00 bits per heavy atom. The third-order valence-corrected chi connectivity index (χ3v) is 6.79. The van der Waals surface area contributed by atoms with Crippen molar-refractivity contribution in [3.63, 3.8) is 0 Å². The largest absolute Gasteiger partial charge is 0.484 e. The summed E-state index contributed by atoms with van der Waals surface area (Å²) in [5.41, 5.74) is 5.80. The normalized spacial score (nSPS) is 15.0. The molecule has 198 valence electrons. The molecule has 3 aromatic carbocycles. The van der Waals surface area contributed by atoms with E-state index in [9.17, 15) is 14.4 Å². The van der Waals surface area contributed by atoms with E-state index in [-0.39, 0.29) is 30.7 Å². The van der Waals surface area contributed by atoms with Crippen molar-refractivity contribution in [3.05, 3.63) is 89.0 Å². The van der Waals surface area contributed by atoms with Crippen molar-refractivity contribution in [2.75, 3.05) is 23.4 Å². The van der Waals surface area contributed by atoms with Gasteiger partial charge in [-0.25, -0.2) is 0 Å². The van der Waals surface area contributed by atoms with Crippen LogP contribution in [0.5, 0.6) is 5.75 Å². The quantitative estimate of drug-likeness (QED) is 0.416. The van der Waals surface area contributed by atoms with Crippen LogP contribution in [0.4, 0.5) is 11.4 Å². The van der Waals surface area contributed by atoms with Gasteiger partial charge in [-0.1, -0.05) is 50.2 Å². The molecular formula is C31H35N3O4. The summed E-state index contributed by atoms with van der Waals surface area (Å²) in [7, 11) is 0. The highest BCUT2D eigenvalue weighted by Gasteiger charge is 2.35. The molecule has 1 heterocycles. The van der Waals surface area contributed by atoms with Crippen LogP contribution in [0.3, 0.4) is 0 Å². The van der Waals surface area contributed by atoms with E-state index in [1.165, 1.54) is 5.56 Å². The molecule has 3 aromatic rings. The predicted molar refractivity (Wildman–Crippen MR) is 149 cm³/mol. The number of hydrogen-bond acceptors (Lipinski definition) is 4. The van der Waals surface area contributed by atoms with Crippen LogP contribution in [0.1, 0.15) is 48.4 Å². The Balaban J connectivity index is 1.26. The van der Waals surface area contributed by atoms with E-state index in [1.54, 1.807) is 29.2 Å². The molecule has 1 atom stereocenters. The van der Waals surface area contributed by atoms with Gasteiger partial charge in [-0.15, -0.1) is 0 Å². The molecule has 1 saturated heterocycles. The number of nitrogens with one attached hydrogen (secondary N) is 2. The molecule has 0 spiro atoms. The van der Waals surface area contributed by atoms with Gasteiger partial charge in [-0.2, -0.15) is 0 Å². The van der Waals surface area contributed by atoms with Crippen LogP contribution >= 0.6 is 0 Å². The van der Waals surface area contributed by atoms with E-state index in [1.807, 2.05) is 44.2 Å². The number of nitrogens with zero attached hydrogens (tertiary/aromatic N) is 1. The third-order valence-electron chi connectivity index (χ3n) is 6.79. The van der Waals surface area contributed by atoms with Crippen molar-refractivity contribution >= 4 is 29.1 Å². The highest BCUT2D eigenvalue weighted by Crippen LogP contribution is 2.27. The molecule has 0 aliphatic carbocycles. The fourth-order valence-electron chi connectivity index (χ4n) is 4.41. The van der Waals surface area contributed by atoms with Crippen LogP contribution in [0, 0.1) is 19.8 Å². The molecule has 2 N–H and O–H groups in total. The van der Waals surface area contributed by atoms with Crippen LogP contribution in [-0.4, -0.2) is 30.9 Å². The predicted octanol–water partition coefficient (Wildman–Crippen LogP) is 5.11. The van der Waals surface area contributed by atoms with E-state index in [2.05, 4.69) is 36.6 Å². The molecule has 3 amide bonds. The first-order valence-corrected chi connectivity index (χ1v) is 13.0. The maximum Gasteiger partial charge on any atom is 0.262 e. The zero-order valence-electron chi connectivity index (χ0n) is 22.4. The lowest BCUT2D eigenvalue weighted by atomic mass is 10.0. The van der Waals surface area contributed by atoms with Gasteiger partial charge in [0.05, 0.1) is 5.92 Å². The Labute approximate surface area is 224 Å². The van der Waals surface area contributed by atoms with Gasteiger partial charge in [0.25, 0.3) is 5.91 Å². The number of aryl methyl sites for hydroxylation is 2. The number of rotatable bonds is 9. The highest BCUT2D eigenvalue weighted by atomic mass is 16.5. The fourth-order valence-corrected chi connectivity index (χ4v) is 4.41. The van der Waals surface area contributed by atoms with Crippen molar-refractivity contribution in [3.8, 4) is 5.75 Å². The number of carbonyl (C=O) groups is 3. The molecule has 0 unspecified atom stereocenters. The molecule has 0 saturated carbocycles. The molecular weight excluding hydrogens is 478 g/mol. The summed E-state index contributed by atoms with van der Waals surface area (Å²) in [5.74, 6) is 0.123. The second kappa shape index (κ2) is 11.9. The van der Waals surface area contributed by atoms with E-state index in [0.717, 1.165) is 22.4 Å². The van der Waals surface area contributed by atoms with Crippen molar-refractivity contribution < 1.29 is 19.1 Å². The lowest BCUT2D eigenvalue weighted by Gasteiger charge is -2.17. The number of ether oxygens (including phenoxy) is 1. The summed E-state index contributed by atoms with van der Waals surface area (Å²) < 4.78 is 5.63. The summed E-state index contributed by atoms with van der Waals surface area (Å²) in [5, 5.41) is 5.84. The number of amides is 3. The number of carbonyl (C=O) groups excluding carboxylic acids is 3. The zero-order valence-corrected chi connectivity index (χ0v) is 22.4. The van der Waals surface area contributed by atoms with Gasteiger partial charge < -0.3 is 20.3 Å². The standard InChI is InChI=1S/C31H35N3O4/c1-20(2)24-9-7-23(8-10-24)17-32-31(37)25-16-30(36)34(18-25)26-11-13-27(14-12-26)38-19-29(35)33-28-15-21(3)5-6-22(28)4/h5-15,20,25H,16-19H2,1-4H3,(H,32,37)(H,33,35)/t25-/m1/s1. The minimum atomic E-state index is -0.401. The van der Waals surface area contributed by atoms with Crippen LogP contribution < -0.4 is 20.3 Å². The molecule has 0 bridgehead atoms. The summed E-state index contributed by atoms with van der Waals surface area (Å²) in [6, 6.07) is 21.1. The van der Waals surface area contributed by atoms with Gasteiger partial charge in [0, 0.05) is 30.9 Å². The monoisotopic (exact) mass is 513 g/mol. The molecule has 1 aliphatic rings. The molecule has 7 heteroatoms. The summed E-state index contributed by atoms with van der Waals surface area (Å²) in [4.78, 5) is 39.3. The van der Waals surface area contributed by atoms with Crippen molar-refractivity contribution in [2.45, 2.75) is 46.6 Å². The van der Waals surface area contributed by atoms with E-state index >= 15 is 0 Å². The first-order chi connectivity index (χ1) is 18.2. The van der Waals surface area contributed by atoms with Crippen LogP contribution in [0.2, 0.25) is 0 Å². The van der Waals surface area contributed by atoms with Gasteiger partial charge in [-0.3, -0.25) is 14.4 Å². The van der Waals surface area contributed by atoms with Gasteiger partial charge in [0.2, 0.25) is 11.8 Å². The number of anilines is 2. The first-order valence-electron chi connectivity index (χ1n) is 13.0. The van der Waals surface area contributed by atoms with Gasteiger partial charge >= 0.3 is 0 Å². The highest BCUT2D eigenvalue weighted by molar-refractivity contribution is 6.00. The zero-order chi connectivity index (χ0) is 27.2. The average Bonchev–Trinajstić information content (AvgIpc) is 3.30. The Kier molecular flexibility index (Phi) is 8.46. The summed E-state index contributed by atoms with van der Waals surface area (Å²) in [6.07, 6.45) is 0.176. The Morgan fingerprint density at radius 2 is 1.71 bits per heavy atom. The maximum absolute atomic E-state index is 12.7. The molecule has 0 aromatic heterocycles. The smallest absolute Gasteiger partial charge is 0.262 e. The Hall–Kier alpha value is -4.13. The summed E-state index contributed by atoms with van der Waals surface area (Å²) >= 11 is 0. The average molecular weight is 514 g/mol. The topological polar surface area (TPSA) is 87.7 Å². The third kappa shape index (κ3) is 6.79.